The van der Waals surface area contributed by atoms with Gasteiger partial charge in [0.05, 0.1) is 5.60 Å². The van der Waals surface area contributed by atoms with E-state index in [1.54, 1.807) is 0 Å². The van der Waals surface area contributed by atoms with Crippen LogP contribution >= 0.6 is 0 Å². The van der Waals surface area contributed by atoms with Gasteiger partial charge in [0.2, 0.25) is 0 Å². The van der Waals surface area contributed by atoms with Crippen LogP contribution < -0.4 is 0 Å². The second kappa shape index (κ2) is 4.78. The van der Waals surface area contributed by atoms with E-state index < -0.39 is 5.60 Å². The van der Waals surface area contributed by atoms with E-state index in [-0.39, 0.29) is 5.78 Å². The molecule has 0 radical (unpaired) electrons. The first-order chi connectivity index (χ1) is 9.16. The van der Waals surface area contributed by atoms with Crippen molar-refractivity contribution in [2.75, 3.05) is 0 Å². The zero-order valence-electron chi connectivity index (χ0n) is 10.9. The van der Waals surface area contributed by atoms with Crippen molar-refractivity contribution in [3.8, 4) is 0 Å². The van der Waals surface area contributed by atoms with Gasteiger partial charge in [-0.2, -0.15) is 0 Å². The third kappa shape index (κ3) is 2.54. The van der Waals surface area contributed by atoms with E-state index >= 15 is 0 Å². The molecule has 2 heteroatoms. The molecule has 0 atom stereocenters. The van der Waals surface area contributed by atoms with Gasteiger partial charge in [0.25, 0.3) is 0 Å². The summed E-state index contributed by atoms with van der Waals surface area (Å²) in [7, 11) is 0. The minimum Gasteiger partial charge on any atom is -0.390 e. The Labute approximate surface area is 113 Å². The molecule has 98 valence electrons. The van der Waals surface area contributed by atoms with Gasteiger partial charge >= 0.3 is 0 Å². The van der Waals surface area contributed by atoms with Gasteiger partial charge in [-0.3, -0.25) is 4.79 Å². The second-order valence-electron chi connectivity index (χ2n) is 5.58. The number of hydrogen-bond acceptors (Lipinski definition) is 2. The fraction of sp³-hybridized carbons (Fsp3) is 0.353. The van der Waals surface area contributed by atoms with Gasteiger partial charge in [0, 0.05) is 19.3 Å². The molecule has 0 aliphatic heterocycles. The van der Waals surface area contributed by atoms with E-state index in [0.29, 0.717) is 32.1 Å². The van der Waals surface area contributed by atoms with E-state index in [1.807, 2.05) is 18.2 Å². The van der Waals surface area contributed by atoms with Gasteiger partial charge in [-0.05, 0) is 29.2 Å². The highest BCUT2D eigenvalue weighted by atomic mass is 16.3. The van der Waals surface area contributed by atoms with Crippen LogP contribution in [0.15, 0.2) is 42.5 Å². The summed E-state index contributed by atoms with van der Waals surface area (Å²) in [5.74, 6) is 0.280. The molecule has 0 saturated heterocycles. The molecule has 0 heterocycles. The van der Waals surface area contributed by atoms with Gasteiger partial charge in [-0.25, -0.2) is 0 Å². The molecule has 2 nitrogen and oxygen atoms in total. The lowest BCUT2D eigenvalue weighted by Gasteiger charge is -2.32. The van der Waals surface area contributed by atoms with Crippen LogP contribution in [0, 0.1) is 0 Å². The molecule has 2 aromatic carbocycles. The van der Waals surface area contributed by atoms with Crippen molar-refractivity contribution in [3.05, 3.63) is 48.0 Å². The van der Waals surface area contributed by atoms with Crippen LogP contribution in [-0.4, -0.2) is 16.5 Å². The van der Waals surface area contributed by atoms with E-state index in [4.69, 9.17) is 0 Å². The number of fused-ring (bicyclic) bond motifs is 1. The summed E-state index contributed by atoms with van der Waals surface area (Å²) < 4.78 is 0. The van der Waals surface area contributed by atoms with Gasteiger partial charge in [-0.1, -0.05) is 42.5 Å². The fourth-order valence-electron chi connectivity index (χ4n) is 2.97. The molecular weight excluding hydrogens is 236 g/mol. The third-order valence-corrected chi connectivity index (χ3v) is 4.14. The maximum Gasteiger partial charge on any atom is 0.133 e. The fourth-order valence-corrected chi connectivity index (χ4v) is 2.97. The highest BCUT2D eigenvalue weighted by Crippen LogP contribution is 2.31. The minimum absolute atomic E-state index is 0.280. The largest absolute Gasteiger partial charge is 0.390 e. The number of carbonyl (C=O) groups excluding carboxylic acids is 1. The van der Waals surface area contributed by atoms with E-state index in [0.717, 1.165) is 0 Å². The number of hydrogen-bond donors (Lipinski definition) is 1. The molecule has 2 aromatic rings. The van der Waals surface area contributed by atoms with Crippen molar-refractivity contribution < 1.29 is 9.90 Å². The SMILES string of the molecule is O=C1CCC(O)(Cc2cccc3ccccc23)CC1. The van der Waals surface area contributed by atoms with Crippen molar-refractivity contribution in [2.45, 2.75) is 37.7 Å². The van der Waals surface area contributed by atoms with Crippen LogP contribution in [0.25, 0.3) is 10.8 Å². The highest BCUT2D eigenvalue weighted by molar-refractivity contribution is 5.85. The van der Waals surface area contributed by atoms with E-state index in [1.165, 1.54) is 16.3 Å². The van der Waals surface area contributed by atoms with Gasteiger partial charge in [0.1, 0.15) is 5.78 Å². The topological polar surface area (TPSA) is 37.3 Å². The standard InChI is InChI=1S/C17H18O2/c18-15-8-10-17(19,11-9-15)12-14-6-3-5-13-4-1-2-7-16(13)14/h1-7,19H,8-12H2. The monoisotopic (exact) mass is 254 g/mol. The Morgan fingerprint density at radius 1 is 1.00 bits per heavy atom. The molecule has 0 bridgehead atoms. The average molecular weight is 254 g/mol. The maximum absolute atomic E-state index is 11.3. The summed E-state index contributed by atoms with van der Waals surface area (Å²) in [6, 6.07) is 14.5. The number of rotatable bonds is 2. The second-order valence-corrected chi connectivity index (χ2v) is 5.58. The van der Waals surface area contributed by atoms with Crippen molar-refractivity contribution in [1.82, 2.24) is 0 Å². The third-order valence-electron chi connectivity index (χ3n) is 4.14. The Morgan fingerprint density at radius 3 is 2.47 bits per heavy atom. The molecule has 0 spiro atoms. The number of carbonyl (C=O) groups is 1. The lowest BCUT2D eigenvalue weighted by Crippen LogP contribution is -2.36. The molecular formula is C17H18O2. The van der Waals surface area contributed by atoms with Gasteiger partial charge in [-0.15, -0.1) is 0 Å². The Bertz CT molecular complexity index is 600. The number of Topliss-reactive ketones (excluding diaryl/α,β-unsaturated/α-hetero) is 1. The Morgan fingerprint density at radius 2 is 1.68 bits per heavy atom. The summed E-state index contributed by atoms with van der Waals surface area (Å²) >= 11 is 0. The smallest absolute Gasteiger partial charge is 0.133 e. The number of ketones is 1. The number of benzene rings is 2. The first-order valence-corrected chi connectivity index (χ1v) is 6.87. The van der Waals surface area contributed by atoms with Gasteiger partial charge < -0.3 is 5.11 Å². The Hall–Kier alpha value is -1.67. The maximum atomic E-state index is 11.3. The summed E-state index contributed by atoms with van der Waals surface area (Å²) in [6.45, 7) is 0. The van der Waals surface area contributed by atoms with Crippen LogP contribution in [0.1, 0.15) is 31.2 Å². The van der Waals surface area contributed by atoms with Gasteiger partial charge in [0.15, 0.2) is 0 Å². The molecule has 1 aliphatic rings. The summed E-state index contributed by atoms with van der Waals surface area (Å²) in [5, 5.41) is 13.1. The molecule has 0 aromatic heterocycles. The first kappa shape index (κ1) is 12.4. The van der Waals surface area contributed by atoms with Crippen molar-refractivity contribution in [1.29, 1.82) is 0 Å². The highest BCUT2D eigenvalue weighted by Gasteiger charge is 2.32. The lowest BCUT2D eigenvalue weighted by atomic mass is 9.79. The molecule has 1 saturated carbocycles. The molecule has 1 aliphatic carbocycles. The van der Waals surface area contributed by atoms with E-state index in [9.17, 15) is 9.90 Å². The van der Waals surface area contributed by atoms with Crippen LogP contribution in [-0.2, 0) is 11.2 Å². The zero-order valence-corrected chi connectivity index (χ0v) is 10.9. The molecule has 0 amide bonds. The molecule has 19 heavy (non-hydrogen) atoms. The summed E-state index contributed by atoms with van der Waals surface area (Å²) in [6.07, 6.45) is 2.86. The van der Waals surface area contributed by atoms with E-state index in [2.05, 4.69) is 24.3 Å². The Balaban J connectivity index is 1.91. The van der Waals surface area contributed by atoms with Crippen molar-refractivity contribution in [2.24, 2.45) is 0 Å². The molecule has 0 unspecified atom stereocenters. The zero-order chi connectivity index (χ0) is 13.3. The first-order valence-electron chi connectivity index (χ1n) is 6.87. The number of aliphatic hydroxyl groups is 1. The lowest BCUT2D eigenvalue weighted by molar-refractivity contribution is -0.125. The minimum atomic E-state index is -0.710. The van der Waals surface area contributed by atoms with Crippen LogP contribution in [0.5, 0.6) is 0 Å². The normalized spacial score (nSPS) is 18.7. The Kier molecular flexibility index (Phi) is 3.11. The van der Waals surface area contributed by atoms with Crippen LogP contribution in [0.3, 0.4) is 0 Å². The molecule has 1 fully saturated rings. The predicted octanol–water partition coefficient (Wildman–Crippen LogP) is 3.26. The summed E-state index contributed by atoms with van der Waals surface area (Å²) in [5.41, 5.74) is 0.466. The predicted molar refractivity (Wildman–Crippen MR) is 76.1 cm³/mol. The molecule has 3 rings (SSSR count). The molecule has 1 N–H and O–H groups in total. The van der Waals surface area contributed by atoms with Crippen molar-refractivity contribution >= 4 is 16.6 Å². The van der Waals surface area contributed by atoms with Crippen LogP contribution in [0.4, 0.5) is 0 Å². The van der Waals surface area contributed by atoms with Crippen LogP contribution in [0.2, 0.25) is 0 Å². The quantitative estimate of drug-likeness (QED) is 0.893. The van der Waals surface area contributed by atoms with Crippen molar-refractivity contribution in [3.63, 3.8) is 0 Å². The summed E-state index contributed by atoms with van der Waals surface area (Å²) in [4.78, 5) is 11.3. The average Bonchev–Trinajstić information content (AvgIpc) is 2.43.